The molecule has 0 saturated heterocycles. The molecule has 15 heavy (non-hydrogen) atoms. The summed E-state index contributed by atoms with van der Waals surface area (Å²) in [5.41, 5.74) is 1.42. The topological polar surface area (TPSA) is 0 Å². The summed E-state index contributed by atoms with van der Waals surface area (Å²) >= 11 is 4.84. The van der Waals surface area contributed by atoms with Gasteiger partial charge in [-0.3, -0.25) is 0 Å². The first kappa shape index (κ1) is 13.1. The van der Waals surface area contributed by atoms with E-state index in [0.717, 1.165) is 0 Å². The number of benzene rings is 1. The Bertz CT molecular complexity index is 295. The maximum absolute atomic E-state index is 4.84. The molecule has 1 rings (SSSR count). The van der Waals surface area contributed by atoms with Crippen molar-refractivity contribution >= 4 is 32.0 Å². The van der Waals surface area contributed by atoms with Gasteiger partial charge in [-0.2, -0.15) is 0 Å². The van der Waals surface area contributed by atoms with Crippen molar-refractivity contribution in [3.8, 4) is 0 Å². The van der Waals surface area contributed by atoms with Gasteiger partial charge in [-0.1, -0.05) is 56.6 Å². The molecule has 0 aromatic heterocycles. The molecule has 1 aromatic carbocycles. The molecule has 0 fully saturated rings. The average Bonchev–Trinajstić information content (AvgIpc) is 2.00. The lowest BCUT2D eigenvalue weighted by molar-refractivity contribution is 0.755. The summed E-state index contributed by atoms with van der Waals surface area (Å²) in [6.45, 7) is 6.90. The maximum Gasteiger partial charge on any atom is 0.239 e. The van der Waals surface area contributed by atoms with Crippen LogP contribution in [0.25, 0.3) is 0 Å². The Morgan fingerprint density at radius 1 is 1.07 bits per heavy atom. The second-order valence-corrected chi connectivity index (χ2v) is 11.5. The minimum absolute atomic E-state index is 0.266. The third kappa shape index (κ3) is 3.49. The monoisotopic (exact) mass is 240 g/mol. The van der Waals surface area contributed by atoms with E-state index in [9.17, 15) is 0 Å². The summed E-state index contributed by atoms with van der Waals surface area (Å²) in [5.74, 6) is 0.537. The number of hydrogen-bond donors (Lipinski definition) is 1. The fourth-order valence-corrected chi connectivity index (χ4v) is 6.19. The number of thiol groups is 1. The molecule has 3 heteroatoms. The molecule has 0 aliphatic carbocycles. The minimum atomic E-state index is -0.881. The van der Waals surface area contributed by atoms with E-state index in [1.165, 1.54) is 5.46 Å². The van der Waals surface area contributed by atoms with Crippen molar-refractivity contribution in [2.45, 2.75) is 26.1 Å². The van der Waals surface area contributed by atoms with Crippen LogP contribution in [0.2, 0.25) is 5.31 Å². The molecule has 0 spiro atoms. The minimum Gasteiger partial charge on any atom is -0.225 e. The first-order valence-electron chi connectivity index (χ1n) is 5.22. The van der Waals surface area contributed by atoms with Crippen molar-refractivity contribution < 1.29 is 0 Å². The molecule has 84 valence electrons. The third-order valence-corrected chi connectivity index (χ3v) is 5.23. The molecule has 1 aromatic rings. The Kier molecular flexibility index (Phi) is 3.88. The molecule has 0 bridgehead atoms. The molecule has 0 amide bonds. The van der Waals surface area contributed by atoms with Gasteiger partial charge in [-0.05, 0) is 17.8 Å². The van der Waals surface area contributed by atoms with Gasteiger partial charge in [0.2, 0.25) is 5.99 Å². The van der Waals surface area contributed by atoms with Crippen LogP contribution in [0.1, 0.15) is 20.8 Å². The van der Waals surface area contributed by atoms with Crippen LogP contribution in [0, 0.1) is 0 Å². The summed E-state index contributed by atoms with van der Waals surface area (Å²) in [4.78, 5) is 0. The van der Waals surface area contributed by atoms with Gasteiger partial charge in [0.15, 0.2) is 0 Å². The van der Waals surface area contributed by atoms with E-state index < -0.39 is 8.91 Å². The summed E-state index contributed by atoms with van der Waals surface area (Å²) in [5, 5.41) is 0.266. The second-order valence-electron chi connectivity index (χ2n) is 5.51. The first-order chi connectivity index (χ1) is 6.73. The fourth-order valence-electron chi connectivity index (χ4n) is 2.33. The van der Waals surface area contributed by atoms with Crippen LogP contribution in [-0.4, -0.2) is 18.5 Å². The molecule has 0 atom stereocenters. The average molecular weight is 240 g/mol. The molecule has 0 heterocycles. The van der Waals surface area contributed by atoms with Crippen LogP contribution in [0.5, 0.6) is 0 Å². The predicted molar refractivity (Wildman–Crippen MR) is 80.0 cm³/mol. The van der Waals surface area contributed by atoms with E-state index in [1.54, 1.807) is 0 Å². The quantitative estimate of drug-likeness (QED) is 0.456. The first-order valence-corrected chi connectivity index (χ1v) is 8.79. The van der Waals surface area contributed by atoms with E-state index >= 15 is 0 Å². The van der Waals surface area contributed by atoms with E-state index in [2.05, 4.69) is 63.6 Å². The van der Waals surface area contributed by atoms with Crippen molar-refractivity contribution in [1.29, 1.82) is 0 Å². The predicted octanol–water partition coefficient (Wildman–Crippen LogP) is 3.59. The van der Waals surface area contributed by atoms with Crippen molar-refractivity contribution in [3.05, 3.63) is 30.3 Å². The van der Waals surface area contributed by atoms with Crippen LogP contribution >= 0.6 is 20.6 Å². The Hall–Kier alpha value is -0.0151. The summed E-state index contributed by atoms with van der Waals surface area (Å²) in [6, 6.07) is 10.8. The van der Waals surface area contributed by atoms with Gasteiger partial charge in [-0.25, -0.2) is 8.91 Å². The van der Waals surface area contributed by atoms with E-state index in [0.29, 0.717) is 5.99 Å². The van der Waals surface area contributed by atoms with Gasteiger partial charge in [-0.15, -0.1) is 11.7 Å². The number of hydrogen-bond acceptors (Lipinski definition) is 1. The normalized spacial score (nSPS) is 13.7. The lowest BCUT2D eigenvalue weighted by atomic mass is 9.49. The summed E-state index contributed by atoms with van der Waals surface area (Å²) < 4.78 is 0. The molecule has 0 nitrogen and oxygen atoms in total. The SMILES string of the molecule is CC(C)(C)B(c1ccccc1)S(C)(C)S. The molecule has 0 aliphatic rings. The van der Waals surface area contributed by atoms with Gasteiger partial charge >= 0.3 is 0 Å². The largest absolute Gasteiger partial charge is 0.239 e. The molecule has 0 unspecified atom stereocenters. The Balaban J connectivity index is 3.15. The highest BCUT2D eigenvalue weighted by atomic mass is 33.1. The lowest BCUT2D eigenvalue weighted by Crippen LogP contribution is -2.41. The van der Waals surface area contributed by atoms with E-state index in [4.69, 9.17) is 11.7 Å². The van der Waals surface area contributed by atoms with Gasteiger partial charge in [0.1, 0.15) is 0 Å². The maximum atomic E-state index is 4.84. The highest BCUT2D eigenvalue weighted by molar-refractivity contribution is 8.98. The zero-order chi connectivity index (χ0) is 11.7. The van der Waals surface area contributed by atoms with E-state index in [-0.39, 0.29) is 5.31 Å². The summed E-state index contributed by atoms with van der Waals surface area (Å²) in [6.07, 6.45) is 4.55. The highest BCUT2D eigenvalue weighted by Crippen LogP contribution is 2.55. The smallest absolute Gasteiger partial charge is 0.225 e. The number of rotatable bonds is 2. The lowest BCUT2D eigenvalue weighted by Gasteiger charge is -2.40. The van der Waals surface area contributed by atoms with E-state index in [1.807, 2.05) is 0 Å². The molecule has 0 radical (unpaired) electrons. The van der Waals surface area contributed by atoms with Crippen molar-refractivity contribution in [3.63, 3.8) is 0 Å². The molecule has 0 saturated carbocycles. The zero-order valence-electron chi connectivity index (χ0n) is 10.3. The van der Waals surface area contributed by atoms with Crippen LogP contribution in [0.15, 0.2) is 30.3 Å². The van der Waals surface area contributed by atoms with Crippen LogP contribution in [0.3, 0.4) is 0 Å². The summed E-state index contributed by atoms with van der Waals surface area (Å²) in [7, 11) is -0.881. The van der Waals surface area contributed by atoms with Crippen LogP contribution in [0.4, 0.5) is 0 Å². The van der Waals surface area contributed by atoms with Gasteiger partial charge < -0.3 is 0 Å². The fraction of sp³-hybridized carbons (Fsp3) is 0.500. The highest BCUT2D eigenvalue weighted by Gasteiger charge is 2.38. The van der Waals surface area contributed by atoms with Crippen molar-refractivity contribution in [2.75, 3.05) is 12.5 Å². The Labute approximate surface area is 101 Å². The van der Waals surface area contributed by atoms with Crippen LogP contribution in [-0.2, 0) is 0 Å². The van der Waals surface area contributed by atoms with Crippen molar-refractivity contribution in [2.24, 2.45) is 0 Å². The van der Waals surface area contributed by atoms with Crippen LogP contribution < -0.4 is 5.46 Å². The molecule has 0 N–H and O–H groups in total. The zero-order valence-corrected chi connectivity index (χ0v) is 12.0. The Morgan fingerprint density at radius 3 is 1.87 bits per heavy atom. The van der Waals surface area contributed by atoms with Crippen molar-refractivity contribution in [1.82, 2.24) is 0 Å². The molecular weight excluding hydrogens is 219 g/mol. The van der Waals surface area contributed by atoms with Gasteiger partial charge in [0.05, 0.1) is 0 Å². The standard InChI is InChI=1S/C12H21BS2/c1-12(2,3)13(15(4,5)14)11-9-7-6-8-10-11/h6-10,14H,1-5H3. The molecular formula is C12H21BS2. The molecule has 0 aliphatic heterocycles. The van der Waals surface area contributed by atoms with Gasteiger partial charge in [0, 0.05) is 0 Å². The second kappa shape index (κ2) is 4.46. The Morgan fingerprint density at radius 2 is 1.53 bits per heavy atom. The third-order valence-electron chi connectivity index (χ3n) is 2.47. The van der Waals surface area contributed by atoms with Gasteiger partial charge in [0.25, 0.3) is 0 Å².